The van der Waals surface area contributed by atoms with E-state index in [0.717, 1.165) is 15.9 Å². The van der Waals surface area contributed by atoms with Crippen molar-refractivity contribution in [2.45, 2.75) is 26.4 Å². The molecule has 18 heavy (non-hydrogen) atoms. The Hall–Kier alpha value is -1.33. The molecule has 1 aromatic heterocycles. The molecule has 0 bridgehead atoms. The molecule has 0 unspecified atom stereocenters. The van der Waals surface area contributed by atoms with Gasteiger partial charge in [0.05, 0.1) is 22.4 Å². The molecule has 2 rings (SSSR count). The van der Waals surface area contributed by atoms with E-state index in [0.29, 0.717) is 18.4 Å². The first-order valence-electron chi connectivity index (χ1n) is 5.87. The molecule has 0 aliphatic heterocycles. The van der Waals surface area contributed by atoms with Crippen molar-refractivity contribution in [3.05, 3.63) is 18.2 Å². The molecular formula is C13H18N2O2S. The molecule has 0 atom stereocenters. The first kappa shape index (κ1) is 13.1. The van der Waals surface area contributed by atoms with Crippen LogP contribution in [0.3, 0.4) is 0 Å². The lowest BCUT2D eigenvalue weighted by Gasteiger charge is -2.19. The SMILES string of the molecule is CC(C)(C)OCCOc1nc2ccc(N)cc2s1. The number of anilines is 1. The zero-order valence-electron chi connectivity index (χ0n) is 10.9. The third-order valence-electron chi connectivity index (χ3n) is 2.24. The summed E-state index contributed by atoms with van der Waals surface area (Å²) >= 11 is 1.50. The van der Waals surface area contributed by atoms with Gasteiger partial charge in [0.2, 0.25) is 0 Å². The van der Waals surface area contributed by atoms with Crippen molar-refractivity contribution < 1.29 is 9.47 Å². The van der Waals surface area contributed by atoms with E-state index in [1.807, 2.05) is 39.0 Å². The number of rotatable bonds is 4. The van der Waals surface area contributed by atoms with Crippen LogP contribution in [0.2, 0.25) is 0 Å². The molecule has 0 amide bonds. The number of aromatic nitrogens is 1. The van der Waals surface area contributed by atoms with E-state index in [-0.39, 0.29) is 5.60 Å². The molecule has 0 aliphatic rings. The maximum Gasteiger partial charge on any atom is 0.274 e. The van der Waals surface area contributed by atoms with Gasteiger partial charge < -0.3 is 15.2 Å². The molecule has 1 heterocycles. The zero-order valence-corrected chi connectivity index (χ0v) is 11.7. The predicted molar refractivity (Wildman–Crippen MR) is 75.2 cm³/mol. The average Bonchev–Trinajstić information content (AvgIpc) is 2.65. The quantitative estimate of drug-likeness (QED) is 0.682. The van der Waals surface area contributed by atoms with Gasteiger partial charge in [-0.3, -0.25) is 0 Å². The lowest BCUT2D eigenvalue weighted by atomic mass is 10.2. The summed E-state index contributed by atoms with van der Waals surface area (Å²) in [5.41, 5.74) is 7.25. The van der Waals surface area contributed by atoms with Crippen molar-refractivity contribution in [1.82, 2.24) is 4.98 Å². The largest absolute Gasteiger partial charge is 0.468 e. The molecule has 0 fully saturated rings. The van der Waals surface area contributed by atoms with Gasteiger partial charge in [-0.15, -0.1) is 0 Å². The van der Waals surface area contributed by atoms with Gasteiger partial charge in [-0.25, -0.2) is 4.98 Å². The summed E-state index contributed by atoms with van der Waals surface area (Å²) in [6.45, 7) is 7.13. The molecule has 0 saturated heterocycles. The van der Waals surface area contributed by atoms with Gasteiger partial charge in [0.25, 0.3) is 5.19 Å². The molecule has 2 aromatic rings. The van der Waals surface area contributed by atoms with Gasteiger partial charge in [0.15, 0.2) is 0 Å². The van der Waals surface area contributed by atoms with Crippen LogP contribution in [0.5, 0.6) is 5.19 Å². The molecule has 5 heteroatoms. The van der Waals surface area contributed by atoms with Crippen molar-refractivity contribution >= 4 is 27.2 Å². The Bertz CT molecular complexity index is 531. The van der Waals surface area contributed by atoms with E-state index in [2.05, 4.69) is 4.98 Å². The van der Waals surface area contributed by atoms with Gasteiger partial charge in [0.1, 0.15) is 6.61 Å². The average molecular weight is 266 g/mol. The van der Waals surface area contributed by atoms with Crippen molar-refractivity contribution in [2.75, 3.05) is 18.9 Å². The summed E-state index contributed by atoms with van der Waals surface area (Å²) in [6.07, 6.45) is 0. The lowest BCUT2D eigenvalue weighted by Crippen LogP contribution is -2.22. The first-order valence-corrected chi connectivity index (χ1v) is 6.68. The van der Waals surface area contributed by atoms with Crippen LogP contribution < -0.4 is 10.5 Å². The second kappa shape index (κ2) is 5.12. The Morgan fingerprint density at radius 2 is 2.06 bits per heavy atom. The van der Waals surface area contributed by atoms with Crippen LogP contribution in [0.4, 0.5) is 5.69 Å². The fraction of sp³-hybridized carbons (Fsp3) is 0.462. The van der Waals surface area contributed by atoms with Crippen LogP contribution in [0.25, 0.3) is 10.2 Å². The third-order valence-corrected chi connectivity index (χ3v) is 3.17. The highest BCUT2D eigenvalue weighted by molar-refractivity contribution is 7.20. The number of hydrogen-bond donors (Lipinski definition) is 1. The molecule has 0 aliphatic carbocycles. The van der Waals surface area contributed by atoms with E-state index >= 15 is 0 Å². The third kappa shape index (κ3) is 3.58. The van der Waals surface area contributed by atoms with Gasteiger partial charge >= 0.3 is 0 Å². The molecule has 0 spiro atoms. The molecule has 1 aromatic carbocycles. The maximum absolute atomic E-state index is 5.72. The van der Waals surface area contributed by atoms with E-state index < -0.39 is 0 Å². The summed E-state index contributed by atoms with van der Waals surface area (Å²) in [4.78, 5) is 4.37. The molecule has 0 saturated carbocycles. The van der Waals surface area contributed by atoms with E-state index in [1.54, 1.807) is 0 Å². The number of ether oxygens (including phenoxy) is 2. The molecule has 4 nitrogen and oxygen atoms in total. The van der Waals surface area contributed by atoms with Gasteiger partial charge in [-0.1, -0.05) is 11.3 Å². The summed E-state index contributed by atoms with van der Waals surface area (Å²) in [5.74, 6) is 0. The van der Waals surface area contributed by atoms with Gasteiger partial charge in [-0.2, -0.15) is 0 Å². The molecule has 98 valence electrons. The number of nitrogens with two attached hydrogens (primary N) is 1. The number of nitrogens with zero attached hydrogens (tertiary/aromatic N) is 1. The highest BCUT2D eigenvalue weighted by Gasteiger charge is 2.10. The number of benzene rings is 1. The van der Waals surface area contributed by atoms with Crippen LogP contribution >= 0.6 is 11.3 Å². The van der Waals surface area contributed by atoms with Crippen molar-refractivity contribution in [3.8, 4) is 5.19 Å². The lowest BCUT2D eigenvalue weighted by molar-refractivity contribution is -0.0163. The molecule has 0 radical (unpaired) electrons. The summed E-state index contributed by atoms with van der Waals surface area (Å²) < 4.78 is 12.2. The summed E-state index contributed by atoms with van der Waals surface area (Å²) in [5, 5.41) is 0.660. The topological polar surface area (TPSA) is 57.4 Å². The van der Waals surface area contributed by atoms with Crippen LogP contribution in [0, 0.1) is 0 Å². The van der Waals surface area contributed by atoms with Crippen LogP contribution in [-0.2, 0) is 4.74 Å². The number of hydrogen-bond acceptors (Lipinski definition) is 5. The minimum absolute atomic E-state index is 0.134. The Morgan fingerprint density at radius 3 is 2.78 bits per heavy atom. The standard InChI is InChI=1S/C13H18N2O2S/c1-13(2,3)17-7-6-16-12-15-10-5-4-9(14)8-11(10)18-12/h4-5,8H,6-7,14H2,1-3H3. The van der Waals surface area contributed by atoms with Gasteiger partial charge in [-0.05, 0) is 39.0 Å². The second-order valence-corrected chi connectivity index (χ2v) is 6.01. The van der Waals surface area contributed by atoms with E-state index in [9.17, 15) is 0 Å². The number of thiazole rings is 1. The zero-order chi connectivity index (χ0) is 13.2. The summed E-state index contributed by atoms with van der Waals surface area (Å²) in [6, 6.07) is 5.65. The Labute approximate surface area is 111 Å². The highest BCUT2D eigenvalue weighted by Crippen LogP contribution is 2.29. The molecule has 2 N–H and O–H groups in total. The monoisotopic (exact) mass is 266 g/mol. The number of fused-ring (bicyclic) bond motifs is 1. The minimum atomic E-state index is -0.134. The van der Waals surface area contributed by atoms with Crippen LogP contribution in [0.15, 0.2) is 18.2 Å². The Balaban J connectivity index is 1.92. The normalized spacial score (nSPS) is 11.9. The summed E-state index contributed by atoms with van der Waals surface area (Å²) in [7, 11) is 0. The van der Waals surface area contributed by atoms with Crippen LogP contribution in [-0.4, -0.2) is 23.8 Å². The van der Waals surface area contributed by atoms with Crippen molar-refractivity contribution in [2.24, 2.45) is 0 Å². The van der Waals surface area contributed by atoms with Crippen LogP contribution in [0.1, 0.15) is 20.8 Å². The van der Waals surface area contributed by atoms with Gasteiger partial charge in [0, 0.05) is 5.69 Å². The number of nitrogen functional groups attached to an aromatic ring is 1. The van der Waals surface area contributed by atoms with E-state index in [4.69, 9.17) is 15.2 Å². The minimum Gasteiger partial charge on any atom is -0.468 e. The fourth-order valence-electron chi connectivity index (χ4n) is 1.46. The van der Waals surface area contributed by atoms with Crippen molar-refractivity contribution in [1.29, 1.82) is 0 Å². The Morgan fingerprint density at radius 1 is 1.28 bits per heavy atom. The van der Waals surface area contributed by atoms with E-state index in [1.165, 1.54) is 11.3 Å². The highest BCUT2D eigenvalue weighted by atomic mass is 32.1. The molecular weight excluding hydrogens is 248 g/mol. The first-order chi connectivity index (χ1) is 8.44. The maximum atomic E-state index is 5.72. The second-order valence-electron chi connectivity index (χ2n) is 5.02. The smallest absolute Gasteiger partial charge is 0.274 e. The van der Waals surface area contributed by atoms with Crippen molar-refractivity contribution in [3.63, 3.8) is 0 Å². The fourth-order valence-corrected chi connectivity index (χ4v) is 2.35. The predicted octanol–water partition coefficient (Wildman–Crippen LogP) is 3.07. The Kier molecular flexibility index (Phi) is 3.73.